The second kappa shape index (κ2) is 4.22. The molecule has 2 nitrogen and oxygen atoms in total. The summed E-state index contributed by atoms with van der Waals surface area (Å²) in [6.07, 6.45) is 1.44. The molecule has 1 fully saturated rings. The third kappa shape index (κ3) is 1.99. The minimum absolute atomic E-state index is 0.0559. The van der Waals surface area contributed by atoms with E-state index in [1.165, 1.54) is 5.56 Å². The van der Waals surface area contributed by atoms with Gasteiger partial charge >= 0.3 is 0 Å². The van der Waals surface area contributed by atoms with Gasteiger partial charge in [-0.15, -0.1) is 0 Å². The van der Waals surface area contributed by atoms with Crippen LogP contribution in [0.3, 0.4) is 0 Å². The Kier molecular flexibility index (Phi) is 2.95. The maximum atomic E-state index is 8.63. The number of hydrogen-bond donors (Lipinski definition) is 0. The highest BCUT2D eigenvalue weighted by Gasteiger charge is 2.39. The Balaban J connectivity index is 2.19. The summed E-state index contributed by atoms with van der Waals surface area (Å²) in [5.41, 5.74) is 1.29. The van der Waals surface area contributed by atoms with Crippen molar-refractivity contribution in [3.63, 3.8) is 0 Å². The Morgan fingerprint density at radius 3 is 2.47 bits per heavy atom. The minimum atomic E-state index is 0.0559. The first kappa shape index (κ1) is 10.5. The number of benzene rings is 1. The van der Waals surface area contributed by atoms with Crippen molar-refractivity contribution in [2.75, 3.05) is 13.2 Å². The maximum absolute atomic E-state index is 8.63. The summed E-state index contributed by atoms with van der Waals surface area (Å²) in [4.78, 5) is 0. The number of ether oxygens (including phenoxy) is 1. The Bertz CT molecular complexity index is 376. The van der Waals surface area contributed by atoms with Crippen molar-refractivity contribution in [3.05, 3.63) is 34.9 Å². The Labute approximate surface area is 94.4 Å². The van der Waals surface area contributed by atoms with E-state index in [0.717, 1.165) is 24.7 Å². The molecule has 0 atom stereocenters. The zero-order valence-corrected chi connectivity index (χ0v) is 9.13. The predicted molar refractivity (Wildman–Crippen MR) is 58.8 cm³/mol. The first-order valence-corrected chi connectivity index (χ1v) is 5.35. The van der Waals surface area contributed by atoms with E-state index in [1.807, 2.05) is 24.3 Å². The van der Waals surface area contributed by atoms with Gasteiger partial charge < -0.3 is 4.74 Å². The zero-order chi connectivity index (χ0) is 10.7. The third-order valence-corrected chi connectivity index (χ3v) is 3.18. The molecule has 78 valence electrons. The second-order valence-electron chi connectivity index (χ2n) is 3.94. The molecule has 15 heavy (non-hydrogen) atoms. The van der Waals surface area contributed by atoms with Gasteiger partial charge in [-0.1, -0.05) is 23.7 Å². The van der Waals surface area contributed by atoms with E-state index in [0.29, 0.717) is 6.42 Å². The number of nitriles is 1. The molecule has 1 aliphatic rings. The van der Waals surface area contributed by atoms with Crippen molar-refractivity contribution in [1.82, 2.24) is 0 Å². The topological polar surface area (TPSA) is 33.0 Å². The smallest absolute Gasteiger partial charge is 0.0622 e. The molecule has 0 saturated carbocycles. The summed E-state index contributed by atoms with van der Waals surface area (Å²) in [5, 5.41) is 9.37. The monoisotopic (exact) mass is 221 g/mol. The summed E-state index contributed by atoms with van der Waals surface area (Å²) < 4.78 is 5.28. The van der Waals surface area contributed by atoms with Crippen LogP contribution in [0.15, 0.2) is 24.3 Å². The van der Waals surface area contributed by atoms with Gasteiger partial charge in [0.05, 0.1) is 19.3 Å². The average molecular weight is 222 g/mol. The van der Waals surface area contributed by atoms with Crippen molar-refractivity contribution in [2.24, 2.45) is 0 Å². The summed E-state index contributed by atoms with van der Waals surface area (Å²) in [6.45, 7) is 1.44. The molecule has 0 aliphatic carbocycles. The van der Waals surface area contributed by atoms with Gasteiger partial charge in [0.1, 0.15) is 0 Å². The van der Waals surface area contributed by atoms with E-state index in [4.69, 9.17) is 21.6 Å². The van der Waals surface area contributed by atoms with E-state index in [2.05, 4.69) is 6.07 Å². The van der Waals surface area contributed by atoms with Gasteiger partial charge in [-0.2, -0.15) is 5.26 Å². The molecule has 1 heterocycles. The summed E-state index contributed by atoms with van der Waals surface area (Å²) in [7, 11) is 0. The zero-order valence-electron chi connectivity index (χ0n) is 8.37. The lowest BCUT2D eigenvalue weighted by molar-refractivity contribution is -0.0636. The molecule has 0 N–H and O–H groups in total. The van der Waals surface area contributed by atoms with Crippen LogP contribution in [0, 0.1) is 11.3 Å². The van der Waals surface area contributed by atoms with Crippen LogP contribution in [0.1, 0.15) is 18.4 Å². The molecule has 0 spiro atoms. The molecule has 0 aromatic heterocycles. The summed E-state index contributed by atoms with van der Waals surface area (Å²) in [6, 6.07) is 10.0. The molecular formula is C12H12ClNO. The quantitative estimate of drug-likeness (QED) is 0.786. The van der Waals surface area contributed by atoms with Gasteiger partial charge in [0, 0.05) is 16.9 Å². The average Bonchev–Trinajstić information content (AvgIpc) is 2.19. The molecule has 1 aliphatic heterocycles. The van der Waals surface area contributed by atoms with E-state index in [9.17, 15) is 0 Å². The number of rotatable bonds is 3. The predicted octanol–water partition coefficient (Wildman–Crippen LogP) is 2.91. The SMILES string of the molecule is N#CCCC1(c2ccc(Cl)cc2)COC1. The van der Waals surface area contributed by atoms with Gasteiger partial charge in [0.15, 0.2) is 0 Å². The molecule has 0 unspecified atom stereocenters. The second-order valence-corrected chi connectivity index (χ2v) is 4.37. The molecule has 1 saturated heterocycles. The highest BCUT2D eigenvalue weighted by Crippen LogP contribution is 2.37. The van der Waals surface area contributed by atoms with Crippen LogP contribution in [0.5, 0.6) is 0 Å². The molecule has 2 rings (SSSR count). The Morgan fingerprint density at radius 1 is 1.33 bits per heavy atom. The fraction of sp³-hybridized carbons (Fsp3) is 0.417. The Hall–Kier alpha value is -1.04. The highest BCUT2D eigenvalue weighted by molar-refractivity contribution is 6.30. The van der Waals surface area contributed by atoms with E-state index < -0.39 is 0 Å². The molecule has 0 bridgehead atoms. The summed E-state index contributed by atoms with van der Waals surface area (Å²) >= 11 is 5.84. The molecule has 0 amide bonds. The normalized spacial score (nSPS) is 17.9. The molecule has 1 aromatic carbocycles. The maximum Gasteiger partial charge on any atom is 0.0622 e. The van der Waals surface area contributed by atoms with Crippen molar-refractivity contribution >= 4 is 11.6 Å². The fourth-order valence-corrected chi connectivity index (χ4v) is 2.03. The van der Waals surface area contributed by atoms with Crippen LogP contribution < -0.4 is 0 Å². The first-order valence-electron chi connectivity index (χ1n) is 4.98. The standard InChI is InChI=1S/C12H12ClNO/c13-11-4-2-10(3-5-11)12(6-1-7-14)8-15-9-12/h2-5H,1,6,8-9H2. The lowest BCUT2D eigenvalue weighted by Crippen LogP contribution is -2.46. The van der Waals surface area contributed by atoms with E-state index in [-0.39, 0.29) is 5.41 Å². The highest BCUT2D eigenvalue weighted by atomic mass is 35.5. The van der Waals surface area contributed by atoms with Crippen molar-refractivity contribution < 1.29 is 4.74 Å². The van der Waals surface area contributed by atoms with Gasteiger partial charge in [0.25, 0.3) is 0 Å². The van der Waals surface area contributed by atoms with Gasteiger partial charge in [-0.3, -0.25) is 0 Å². The molecular weight excluding hydrogens is 210 g/mol. The lowest BCUT2D eigenvalue weighted by Gasteiger charge is -2.41. The van der Waals surface area contributed by atoms with Crippen molar-refractivity contribution in [2.45, 2.75) is 18.3 Å². The number of hydrogen-bond acceptors (Lipinski definition) is 2. The van der Waals surface area contributed by atoms with Crippen LogP contribution in [-0.4, -0.2) is 13.2 Å². The first-order chi connectivity index (χ1) is 7.27. The Morgan fingerprint density at radius 2 is 2.00 bits per heavy atom. The van der Waals surface area contributed by atoms with E-state index in [1.54, 1.807) is 0 Å². The fourth-order valence-electron chi connectivity index (χ4n) is 1.90. The lowest BCUT2D eigenvalue weighted by atomic mass is 9.75. The van der Waals surface area contributed by atoms with Crippen LogP contribution in [0.4, 0.5) is 0 Å². The largest absolute Gasteiger partial charge is 0.379 e. The van der Waals surface area contributed by atoms with Gasteiger partial charge in [0.2, 0.25) is 0 Å². The number of nitrogens with zero attached hydrogens (tertiary/aromatic N) is 1. The summed E-state index contributed by atoms with van der Waals surface area (Å²) in [5.74, 6) is 0. The van der Waals surface area contributed by atoms with Crippen LogP contribution in [0.25, 0.3) is 0 Å². The van der Waals surface area contributed by atoms with Gasteiger partial charge in [-0.25, -0.2) is 0 Å². The molecule has 0 radical (unpaired) electrons. The third-order valence-electron chi connectivity index (χ3n) is 2.93. The minimum Gasteiger partial charge on any atom is -0.379 e. The molecule has 1 aromatic rings. The van der Waals surface area contributed by atoms with Crippen molar-refractivity contribution in [3.8, 4) is 6.07 Å². The van der Waals surface area contributed by atoms with Gasteiger partial charge in [-0.05, 0) is 24.1 Å². The van der Waals surface area contributed by atoms with Crippen LogP contribution >= 0.6 is 11.6 Å². The van der Waals surface area contributed by atoms with Crippen molar-refractivity contribution in [1.29, 1.82) is 5.26 Å². The van der Waals surface area contributed by atoms with Crippen LogP contribution in [0.2, 0.25) is 5.02 Å². The number of halogens is 1. The van der Waals surface area contributed by atoms with E-state index >= 15 is 0 Å². The molecule has 3 heteroatoms. The van der Waals surface area contributed by atoms with Crippen LogP contribution in [-0.2, 0) is 10.2 Å².